The number of hydrogen-bond donors (Lipinski definition) is 1. The summed E-state index contributed by atoms with van der Waals surface area (Å²) >= 11 is 0. The maximum atomic E-state index is 12.4. The van der Waals surface area contributed by atoms with E-state index in [1.165, 1.54) is 4.90 Å². The quantitative estimate of drug-likeness (QED) is 0.444. The summed E-state index contributed by atoms with van der Waals surface area (Å²) in [5.41, 5.74) is 1.69. The first kappa shape index (κ1) is 24.6. The van der Waals surface area contributed by atoms with Crippen molar-refractivity contribution in [2.45, 2.75) is 32.9 Å². The Morgan fingerprint density at radius 3 is 2.38 bits per heavy atom. The van der Waals surface area contributed by atoms with Crippen LogP contribution in [0.3, 0.4) is 0 Å². The molecule has 0 aliphatic heterocycles. The Labute approximate surface area is 187 Å². The minimum absolute atomic E-state index is 0.0993. The van der Waals surface area contributed by atoms with Crippen molar-refractivity contribution in [3.63, 3.8) is 0 Å². The summed E-state index contributed by atoms with van der Waals surface area (Å²) in [6.07, 6.45) is 0.720. The topological polar surface area (TPSA) is 107 Å². The molecule has 2 amide bonds. The highest BCUT2D eigenvalue weighted by molar-refractivity contribution is 5.81. The molecule has 2 rings (SSSR count). The average molecular weight is 444 g/mol. The van der Waals surface area contributed by atoms with Gasteiger partial charge in [0.15, 0.2) is 0 Å². The summed E-state index contributed by atoms with van der Waals surface area (Å²) in [6.45, 7) is 3.45. The highest BCUT2D eigenvalue weighted by Crippen LogP contribution is 2.08. The summed E-state index contributed by atoms with van der Waals surface area (Å²) < 4.78 is 15.1. The first-order chi connectivity index (χ1) is 15.4. The molecular formula is C23H29N3O6. The number of hydrogen-bond acceptors (Lipinski definition) is 7. The molecule has 1 atom stereocenters. The smallest absolute Gasteiger partial charge is 0.412 e. The van der Waals surface area contributed by atoms with Gasteiger partial charge in [-0.25, -0.2) is 14.4 Å². The van der Waals surface area contributed by atoms with E-state index in [-0.39, 0.29) is 12.5 Å². The van der Waals surface area contributed by atoms with Gasteiger partial charge in [0.1, 0.15) is 12.6 Å². The molecule has 0 saturated carbocycles. The molecule has 32 heavy (non-hydrogen) atoms. The zero-order valence-corrected chi connectivity index (χ0v) is 18.5. The molecule has 172 valence electrons. The van der Waals surface area contributed by atoms with Crippen molar-refractivity contribution >= 4 is 18.2 Å². The van der Waals surface area contributed by atoms with E-state index < -0.39 is 31.0 Å². The molecule has 0 spiro atoms. The normalized spacial score (nSPS) is 11.4. The highest BCUT2D eigenvalue weighted by Gasteiger charge is 2.26. The highest BCUT2D eigenvalue weighted by atomic mass is 16.7. The molecular weight excluding hydrogens is 414 g/mol. The van der Waals surface area contributed by atoms with Crippen LogP contribution in [0.15, 0.2) is 54.7 Å². The number of benzene rings is 1. The molecule has 0 bridgehead atoms. The van der Waals surface area contributed by atoms with E-state index in [0.29, 0.717) is 13.0 Å². The van der Waals surface area contributed by atoms with E-state index >= 15 is 0 Å². The number of aromatic nitrogens is 1. The lowest BCUT2D eigenvalue weighted by Gasteiger charge is -2.21. The number of alkyl carbamates (subject to hydrolysis) is 1. The first-order valence-corrected chi connectivity index (χ1v) is 10.3. The van der Waals surface area contributed by atoms with Crippen molar-refractivity contribution in [2.24, 2.45) is 5.92 Å². The molecule has 1 aromatic heterocycles. The largest absolute Gasteiger partial charge is 0.459 e. The second-order valence-electron chi connectivity index (χ2n) is 7.41. The van der Waals surface area contributed by atoms with Crippen molar-refractivity contribution in [3.8, 4) is 0 Å². The van der Waals surface area contributed by atoms with Crippen molar-refractivity contribution < 1.29 is 28.6 Å². The van der Waals surface area contributed by atoms with Gasteiger partial charge in [-0.05, 0) is 23.6 Å². The van der Waals surface area contributed by atoms with Gasteiger partial charge >= 0.3 is 18.2 Å². The number of carbonyl (C=O) groups excluding carboxylic acids is 3. The van der Waals surface area contributed by atoms with Gasteiger partial charge in [-0.3, -0.25) is 4.98 Å². The molecule has 9 nitrogen and oxygen atoms in total. The fraction of sp³-hybridized carbons (Fsp3) is 0.391. The maximum absolute atomic E-state index is 12.4. The molecule has 1 heterocycles. The Balaban J connectivity index is 1.70. The number of pyridine rings is 1. The fourth-order valence-corrected chi connectivity index (χ4v) is 2.65. The summed E-state index contributed by atoms with van der Waals surface area (Å²) in [5, 5.41) is 2.45. The van der Waals surface area contributed by atoms with Crippen LogP contribution in [-0.2, 0) is 32.0 Å². The molecule has 2 aromatic rings. The molecule has 0 aliphatic carbocycles. The standard InChI is InChI=1S/C23H29N3O6/c1-17(2)20(21(27)30-15-18-9-5-4-6-10-18)25-22(28)31-16-32-23(29)26(3)14-12-19-11-7-8-13-24-19/h4-11,13,17,20H,12,14-16H2,1-3H3,(H,25,28)/t20-/m0/s1. The van der Waals surface area contributed by atoms with Gasteiger partial charge in [0.2, 0.25) is 6.79 Å². The lowest BCUT2D eigenvalue weighted by Crippen LogP contribution is -2.45. The third kappa shape index (κ3) is 8.63. The third-order valence-electron chi connectivity index (χ3n) is 4.53. The van der Waals surface area contributed by atoms with Gasteiger partial charge in [0.05, 0.1) is 0 Å². The minimum Gasteiger partial charge on any atom is -0.459 e. The van der Waals surface area contributed by atoms with E-state index in [4.69, 9.17) is 14.2 Å². The number of nitrogens with zero attached hydrogens (tertiary/aromatic N) is 2. The Morgan fingerprint density at radius 1 is 1.00 bits per heavy atom. The van der Waals surface area contributed by atoms with Crippen LogP contribution >= 0.6 is 0 Å². The van der Waals surface area contributed by atoms with Crippen LogP contribution < -0.4 is 5.32 Å². The van der Waals surface area contributed by atoms with E-state index in [9.17, 15) is 14.4 Å². The zero-order chi connectivity index (χ0) is 23.3. The van der Waals surface area contributed by atoms with Crippen LogP contribution in [0.2, 0.25) is 0 Å². The predicted molar refractivity (Wildman–Crippen MR) is 116 cm³/mol. The second kappa shape index (κ2) is 12.9. The molecule has 0 radical (unpaired) electrons. The Kier molecular flexibility index (Phi) is 9.96. The first-order valence-electron chi connectivity index (χ1n) is 10.3. The van der Waals surface area contributed by atoms with Crippen LogP contribution in [-0.4, -0.2) is 54.5 Å². The number of ether oxygens (including phenoxy) is 3. The van der Waals surface area contributed by atoms with Crippen molar-refractivity contribution in [1.29, 1.82) is 0 Å². The minimum atomic E-state index is -0.900. The lowest BCUT2D eigenvalue weighted by molar-refractivity contribution is -0.148. The van der Waals surface area contributed by atoms with Crippen molar-refractivity contribution in [1.82, 2.24) is 15.2 Å². The number of esters is 1. The molecule has 0 aliphatic rings. The van der Waals surface area contributed by atoms with Crippen LogP contribution in [0, 0.1) is 5.92 Å². The molecule has 0 unspecified atom stereocenters. The molecule has 0 saturated heterocycles. The summed E-state index contributed by atoms with van der Waals surface area (Å²) in [4.78, 5) is 42.0. The van der Waals surface area contributed by atoms with Crippen LogP contribution in [0.4, 0.5) is 9.59 Å². The Hall–Kier alpha value is -3.62. The van der Waals surface area contributed by atoms with E-state index in [1.54, 1.807) is 27.1 Å². The van der Waals surface area contributed by atoms with Gasteiger partial charge in [-0.1, -0.05) is 50.2 Å². The van der Waals surface area contributed by atoms with Gasteiger partial charge in [0.25, 0.3) is 0 Å². The average Bonchev–Trinajstić information content (AvgIpc) is 2.80. The summed E-state index contributed by atoms with van der Waals surface area (Å²) in [7, 11) is 1.57. The maximum Gasteiger partial charge on any atom is 0.412 e. The molecule has 0 fully saturated rings. The van der Waals surface area contributed by atoms with Gasteiger partial charge in [0, 0.05) is 31.9 Å². The van der Waals surface area contributed by atoms with Gasteiger partial charge < -0.3 is 24.4 Å². The number of likely N-dealkylation sites (N-methyl/N-ethyl adjacent to an activating group) is 1. The van der Waals surface area contributed by atoms with Crippen molar-refractivity contribution in [3.05, 3.63) is 66.0 Å². The summed E-state index contributed by atoms with van der Waals surface area (Å²) in [6, 6.07) is 13.9. The fourth-order valence-electron chi connectivity index (χ4n) is 2.65. The van der Waals surface area contributed by atoms with E-state index in [0.717, 1.165) is 11.3 Å². The second-order valence-corrected chi connectivity index (χ2v) is 7.41. The Morgan fingerprint density at radius 2 is 1.72 bits per heavy atom. The number of nitrogens with one attached hydrogen (secondary N) is 1. The third-order valence-corrected chi connectivity index (χ3v) is 4.53. The number of amides is 2. The van der Waals surface area contributed by atoms with E-state index in [2.05, 4.69) is 10.3 Å². The SMILES string of the molecule is CC(C)[C@H](NC(=O)OCOC(=O)N(C)CCc1ccccn1)C(=O)OCc1ccccc1. The van der Waals surface area contributed by atoms with Gasteiger partial charge in [-0.15, -0.1) is 0 Å². The lowest BCUT2D eigenvalue weighted by atomic mass is 10.1. The monoisotopic (exact) mass is 443 g/mol. The van der Waals surface area contributed by atoms with Crippen LogP contribution in [0.5, 0.6) is 0 Å². The van der Waals surface area contributed by atoms with E-state index in [1.807, 2.05) is 48.5 Å². The summed E-state index contributed by atoms with van der Waals surface area (Å²) in [5.74, 6) is -0.807. The molecule has 1 N–H and O–H groups in total. The number of carbonyl (C=O) groups is 3. The van der Waals surface area contributed by atoms with Crippen LogP contribution in [0.1, 0.15) is 25.1 Å². The van der Waals surface area contributed by atoms with Crippen molar-refractivity contribution in [2.75, 3.05) is 20.4 Å². The predicted octanol–water partition coefficient (Wildman–Crippen LogP) is 3.14. The number of rotatable bonds is 10. The zero-order valence-electron chi connectivity index (χ0n) is 18.5. The Bertz CT molecular complexity index is 861. The molecule has 1 aromatic carbocycles. The molecule has 9 heteroatoms. The van der Waals surface area contributed by atoms with Crippen LogP contribution in [0.25, 0.3) is 0 Å². The van der Waals surface area contributed by atoms with Gasteiger partial charge in [-0.2, -0.15) is 0 Å².